The summed E-state index contributed by atoms with van der Waals surface area (Å²) in [6, 6.07) is 0. The summed E-state index contributed by atoms with van der Waals surface area (Å²) in [6.07, 6.45) is 0.400. The van der Waals surface area contributed by atoms with Crippen molar-refractivity contribution >= 4 is 20.8 Å². The van der Waals surface area contributed by atoms with Crippen molar-refractivity contribution in [1.29, 1.82) is 0 Å². The summed E-state index contributed by atoms with van der Waals surface area (Å²) in [6.45, 7) is 0.878. The van der Waals surface area contributed by atoms with E-state index in [1.54, 1.807) is 0 Å². The normalized spacial score (nSPS) is 21.7. The van der Waals surface area contributed by atoms with Crippen LogP contribution >= 0.6 is 11.6 Å². The van der Waals surface area contributed by atoms with Gasteiger partial charge in [-0.1, -0.05) is 0 Å². The van der Waals surface area contributed by atoms with E-state index in [0.29, 0.717) is 12.0 Å². The first-order chi connectivity index (χ1) is 4.16. The van der Waals surface area contributed by atoms with Gasteiger partial charge in [-0.2, -0.15) is 0 Å². The second-order valence-corrected chi connectivity index (χ2v) is 2.27. The Kier molecular flexibility index (Phi) is 4.65. The lowest BCUT2D eigenvalue weighted by Gasteiger charge is -1.67. The van der Waals surface area contributed by atoms with Crippen molar-refractivity contribution in [2.45, 2.75) is 6.10 Å². The predicted octanol–water partition coefficient (Wildman–Crippen LogP) is -0.990. The van der Waals surface area contributed by atoms with E-state index >= 15 is 0 Å². The largest absolute Gasteiger partial charge is 0.761 e. The standard InChI is InChI=1S/C3H5ClO.H2O3Si/c4-1-3-2-5-3;1-4(2)3/h3H,1-2H2;1-2H. The fraction of sp³-hybridized carbons (Fsp3) is 1.00. The lowest BCUT2D eigenvalue weighted by Crippen LogP contribution is -1.90. The van der Waals surface area contributed by atoms with Gasteiger partial charge < -0.3 is 14.3 Å². The van der Waals surface area contributed by atoms with Crippen LogP contribution in [0, 0.1) is 0 Å². The number of alkyl halides is 1. The SMILES string of the molecule is ClCC1CO1.O=[Si](O)O. The van der Waals surface area contributed by atoms with Gasteiger partial charge >= 0.3 is 9.17 Å². The molecule has 1 atom stereocenters. The number of halogens is 1. The highest BCUT2D eigenvalue weighted by Crippen LogP contribution is 2.08. The maximum atomic E-state index is 8.74. The van der Waals surface area contributed by atoms with Crippen LogP contribution < -0.4 is 0 Å². The Morgan fingerprint density at radius 2 is 2.11 bits per heavy atom. The van der Waals surface area contributed by atoms with Crippen LogP contribution in [-0.4, -0.2) is 37.4 Å². The van der Waals surface area contributed by atoms with Crippen LogP contribution in [0.25, 0.3) is 0 Å². The van der Waals surface area contributed by atoms with Crippen LogP contribution in [0.2, 0.25) is 0 Å². The Balaban J connectivity index is 0.000000148. The second-order valence-electron chi connectivity index (χ2n) is 1.39. The topological polar surface area (TPSA) is 70.1 Å². The summed E-state index contributed by atoms with van der Waals surface area (Å²) in [5, 5.41) is 0. The molecule has 1 heterocycles. The maximum absolute atomic E-state index is 8.74. The summed E-state index contributed by atoms with van der Waals surface area (Å²) in [5.41, 5.74) is 0. The number of hydrogen-bond donors (Lipinski definition) is 2. The molecule has 1 aliphatic heterocycles. The molecule has 1 rings (SSSR count). The Morgan fingerprint density at radius 1 is 1.78 bits per heavy atom. The van der Waals surface area contributed by atoms with Crippen molar-refractivity contribution in [2.75, 3.05) is 12.5 Å². The number of rotatable bonds is 1. The highest BCUT2D eigenvalue weighted by Gasteiger charge is 2.19. The van der Waals surface area contributed by atoms with E-state index in [-0.39, 0.29) is 0 Å². The smallest absolute Gasteiger partial charge is 0.511 e. The maximum Gasteiger partial charge on any atom is 0.761 e. The number of epoxide rings is 1. The van der Waals surface area contributed by atoms with Crippen molar-refractivity contribution in [2.24, 2.45) is 0 Å². The van der Waals surface area contributed by atoms with E-state index < -0.39 is 9.17 Å². The highest BCUT2D eigenvalue weighted by molar-refractivity contribution is 6.22. The molecule has 1 fully saturated rings. The molecule has 2 N–H and O–H groups in total. The molecule has 1 aliphatic rings. The molecule has 1 saturated heterocycles. The third kappa shape index (κ3) is 11.4. The zero-order valence-electron chi connectivity index (χ0n) is 4.58. The zero-order valence-corrected chi connectivity index (χ0v) is 6.34. The first-order valence-corrected chi connectivity index (χ1v) is 4.10. The molecule has 9 heavy (non-hydrogen) atoms. The summed E-state index contributed by atoms with van der Waals surface area (Å²) in [5.74, 6) is 0.667. The van der Waals surface area contributed by atoms with Gasteiger partial charge in [-0.15, -0.1) is 11.6 Å². The van der Waals surface area contributed by atoms with Crippen LogP contribution in [0.5, 0.6) is 0 Å². The third-order valence-corrected chi connectivity index (χ3v) is 0.919. The van der Waals surface area contributed by atoms with E-state index in [2.05, 4.69) is 0 Å². The molecular formula is C3H7ClO4Si. The second kappa shape index (κ2) is 4.72. The minimum Gasteiger partial charge on any atom is -0.511 e. The van der Waals surface area contributed by atoms with Gasteiger partial charge in [-0.3, -0.25) is 4.46 Å². The van der Waals surface area contributed by atoms with Gasteiger partial charge in [0.05, 0.1) is 18.6 Å². The van der Waals surface area contributed by atoms with Crippen LogP contribution in [0.1, 0.15) is 0 Å². The molecule has 0 aromatic heterocycles. The minimum atomic E-state index is -3.13. The fourth-order valence-electron chi connectivity index (χ4n) is 0.157. The zero-order chi connectivity index (χ0) is 7.28. The lowest BCUT2D eigenvalue weighted by molar-refractivity contribution is 0.330. The van der Waals surface area contributed by atoms with Crippen molar-refractivity contribution in [3.8, 4) is 0 Å². The van der Waals surface area contributed by atoms with Crippen LogP contribution in [0.3, 0.4) is 0 Å². The average molecular weight is 171 g/mol. The summed E-state index contributed by atoms with van der Waals surface area (Å²) >= 11 is 5.27. The van der Waals surface area contributed by atoms with Crippen LogP contribution in [0.15, 0.2) is 0 Å². The molecule has 0 spiro atoms. The first-order valence-electron chi connectivity index (χ1n) is 2.26. The van der Waals surface area contributed by atoms with Gasteiger partial charge in [0.15, 0.2) is 0 Å². The number of ether oxygens (including phenoxy) is 1. The van der Waals surface area contributed by atoms with Crippen molar-refractivity contribution in [3.05, 3.63) is 0 Å². The van der Waals surface area contributed by atoms with E-state index in [1.165, 1.54) is 0 Å². The van der Waals surface area contributed by atoms with Crippen molar-refractivity contribution in [1.82, 2.24) is 0 Å². The lowest BCUT2D eigenvalue weighted by atomic mass is 10.6. The average Bonchev–Trinajstić information content (AvgIpc) is 2.43. The summed E-state index contributed by atoms with van der Waals surface area (Å²) in [7, 11) is -3.13. The van der Waals surface area contributed by atoms with Crippen LogP contribution in [-0.2, 0) is 9.20 Å². The quantitative estimate of drug-likeness (QED) is 0.301. The highest BCUT2D eigenvalue weighted by atomic mass is 35.5. The fourth-order valence-corrected chi connectivity index (χ4v) is 0.335. The van der Waals surface area contributed by atoms with Gasteiger partial charge in [0.2, 0.25) is 0 Å². The molecule has 1 unspecified atom stereocenters. The summed E-state index contributed by atoms with van der Waals surface area (Å²) < 4.78 is 13.5. The molecule has 6 heteroatoms. The van der Waals surface area contributed by atoms with Gasteiger partial charge in [0, 0.05) is 0 Å². The molecule has 0 aromatic carbocycles. The van der Waals surface area contributed by atoms with Crippen molar-refractivity contribution in [3.63, 3.8) is 0 Å². The Morgan fingerprint density at radius 3 is 2.11 bits per heavy atom. The molecule has 4 nitrogen and oxygen atoms in total. The molecule has 0 aromatic rings. The molecule has 0 amide bonds. The molecule has 0 radical (unpaired) electrons. The Bertz CT molecular complexity index is 89.8. The van der Waals surface area contributed by atoms with Crippen molar-refractivity contribution < 1.29 is 18.8 Å². The molecule has 0 saturated carbocycles. The molecule has 0 bridgehead atoms. The Labute approximate surface area is 58.9 Å². The van der Waals surface area contributed by atoms with Gasteiger partial charge in [0.25, 0.3) is 0 Å². The predicted molar refractivity (Wildman–Crippen MR) is 31.3 cm³/mol. The number of hydrogen-bond acceptors (Lipinski definition) is 2. The molecule has 54 valence electrons. The molecular weight excluding hydrogens is 164 g/mol. The first kappa shape index (κ1) is 8.87. The van der Waals surface area contributed by atoms with E-state index in [1.807, 2.05) is 0 Å². The van der Waals surface area contributed by atoms with Gasteiger partial charge in [-0.05, 0) is 0 Å². The van der Waals surface area contributed by atoms with E-state index in [0.717, 1.165) is 6.61 Å². The Hall–Kier alpha value is -0.133. The van der Waals surface area contributed by atoms with Crippen LogP contribution in [0.4, 0.5) is 0 Å². The van der Waals surface area contributed by atoms with Gasteiger partial charge in [-0.25, -0.2) is 0 Å². The third-order valence-electron chi connectivity index (χ3n) is 0.574. The van der Waals surface area contributed by atoms with E-state index in [9.17, 15) is 0 Å². The van der Waals surface area contributed by atoms with E-state index in [4.69, 9.17) is 30.4 Å². The minimum absolute atomic E-state index is 0.400. The molecule has 0 aliphatic carbocycles. The monoisotopic (exact) mass is 170 g/mol. The summed E-state index contributed by atoms with van der Waals surface area (Å²) in [4.78, 5) is 14.3. The van der Waals surface area contributed by atoms with Gasteiger partial charge in [0.1, 0.15) is 0 Å².